The van der Waals surface area contributed by atoms with Crippen LogP contribution in [0.5, 0.6) is 0 Å². The first-order chi connectivity index (χ1) is 18.6. The van der Waals surface area contributed by atoms with Gasteiger partial charge in [-0.25, -0.2) is 9.78 Å². The van der Waals surface area contributed by atoms with Gasteiger partial charge in [0.2, 0.25) is 5.91 Å². The number of amides is 1. The number of aryl methyl sites for hydroxylation is 2. The molecule has 0 atom stereocenters. The number of nitrogens with one attached hydrogen (secondary N) is 3. The van der Waals surface area contributed by atoms with Crippen molar-refractivity contribution >= 4 is 45.2 Å². The van der Waals surface area contributed by atoms with Crippen molar-refractivity contribution in [2.75, 3.05) is 44.7 Å². The summed E-state index contributed by atoms with van der Waals surface area (Å²) < 4.78 is 17.6. The number of carbonyl (C=O) groups is 2. The number of H-pyrrole nitrogens is 1. The van der Waals surface area contributed by atoms with Crippen LogP contribution in [0.4, 0.5) is 11.4 Å². The lowest BCUT2D eigenvalue weighted by atomic mass is 10.1. The molecule has 1 saturated heterocycles. The van der Waals surface area contributed by atoms with Crippen molar-refractivity contribution in [3.8, 4) is 0 Å². The van der Waals surface area contributed by atoms with E-state index in [-0.39, 0.29) is 30.7 Å². The Hall–Kier alpha value is -3.89. The minimum Gasteiger partial charge on any atom is -0.464 e. The second kappa shape index (κ2) is 11.7. The SMILES string of the molecule is COCCC(=O)Nc1c(C(=O)OC)n(CCc2c[nH]c3ccccc23)c2ncc(NC3CCOCC3)cc12. The van der Waals surface area contributed by atoms with Gasteiger partial charge in [-0.15, -0.1) is 0 Å². The van der Waals surface area contributed by atoms with E-state index >= 15 is 0 Å². The smallest absolute Gasteiger partial charge is 0.356 e. The molecule has 0 unspecified atom stereocenters. The number of fused-ring (bicyclic) bond motifs is 2. The van der Waals surface area contributed by atoms with Gasteiger partial charge < -0.3 is 34.4 Å². The van der Waals surface area contributed by atoms with Gasteiger partial charge in [0.1, 0.15) is 5.65 Å². The van der Waals surface area contributed by atoms with Gasteiger partial charge in [-0.2, -0.15) is 0 Å². The molecule has 0 radical (unpaired) electrons. The predicted molar refractivity (Wildman–Crippen MR) is 146 cm³/mol. The van der Waals surface area contributed by atoms with E-state index in [0.717, 1.165) is 35.0 Å². The molecular formula is C28H33N5O5. The zero-order valence-electron chi connectivity index (χ0n) is 21.7. The van der Waals surface area contributed by atoms with Crippen LogP contribution in [0.2, 0.25) is 0 Å². The molecule has 10 heteroatoms. The van der Waals surface area contributed by atoms with Gasteiger partial charge in [-0.05, 0) is 37.0 Å². The monoisotopic (exact) mass is 519 g/mol. The third-order valence-electron chi connectivity index (χ3n) is 6.95. The first-order valence-electron chi connectivity index (χ1n) is 12.9. The van der Waals surface area contributed by atoms with Crippen molar-refractivity contribution in [2.24, 2.45) is 0 Å². The minimum atomic E-state index is -0.539. The van der Waals surface area contributed by atoms with E-state index in [1.165, 1.54) is 7.11 Å². The van der Waals surface area contributed by atoms with Gasteiger partial charge in [0, 0.05) is 55.4 Å². The maximum absolute atomic E-state index is 13.1. The Bertz CT molecular complexity index is 1440. The van der Waals surface area contributed by atoms with Crippen LogP contribution in [0.3, 0.4) is 0 Å². The van der Waals surface area contributed by atoms with E-state index < -0.39 is 5.97 Å². The average molecular weight is 520 g/mol. The molecule has 3 aromatic heterocycles. The number of para-hydroxylation sites is 1. The van der Waals surface area contributed by atoms with Crippen LogP contribution in [-0.4, -0.2) is 66.5 Å². The van der Waals surface area contributed by atoms with Crippen LogP contribution in [-0.2, 0) is 32.0 Å². The summed E-state index contributed by atoms with van der Waals surface area (Å²) in [4.78, 5) is 33.9. The number of carbonyl (C=O) groups excluding carboxylic acids is 2. The summed E-state index contributed by atoms with van der Waals surface area (Å²) in [5.41, 5.74) is 4.27. The Kier molecular flexibility index (Phi) is 7.90. The van der Waals surface area contributed by atoms with E-state index in [0.29, 0.717) is 42.9 Å². The molecule has 4 aromatic rings. The van der Waals surface area contributed by atoms with E-state index in [2.05, 4.69) is 21.7 Å². The van der Waals surface area contributed by atoms with Crippen LogP contribution in [0.25, 0.3) is 21.9 Å². The van der Waals surface area contributed by atoms with E-state index in [4.69, 9.17) is 19.2 Å². The Morgan fingerprint density at radius 2 is 2.00 bits per heavy atom. The number of aromatic nitrogens is 3. The average Bonchev–Trinajstić information content (AvgIpc) is 3.49. The van der Waals surface area contributed by atoms with Crippen LogP contribution < -0.4 is 10.6 Å². The highest BCUT2D eigenvalue weighted by Gasteiger charge is 2.26. The summed E-state index contributed by atoms with van der Waals surface area (Å²) in [6.45, 7) is 2.17. The number of benzene rings is 1. The molecule has 1 amide bonds. The summed E-state index contributed by atoms with van der Waals surface area (Å²) in [6.07, 6.45) is 6.38. The maximum atomic E-state index is 13.1. The Morgan fingerprint density at radius 3 is 2.79 bits per heavy atom. The number of nitrogens with zero attached hydrogens (tertiary/aromatic N) is 2. The lowest BCUT2D eigenvalue weighted by Gasteiger charge is -2.24. The zero-order valence-corrected chi connectivity index (χ0v) is 21.7. The fraction of sp³-hybridized carbons (Fsp3) is 0.393. The Labute approximate surface area is 220 Å². The number of pyridine rings is 1. The van der Waals surface area contributed by atoms with E-state index in [9.17, 15) is 9.59 Å². The molecule has 4 heterocycles. The van der Waals surface area contributed by atoms with Gasteiger partial charge in [0.15, 0.2) is 5.69 Å². The van der Waals surface area contributed by atoms with Crippen LogP contribution >= 0.6 is 0 Å². The highest BCUT2D eigenvalue weighted by atomic mass is 16.5. The van der Waals surface area contributed by atoms with Crippen molar-refractivity contribution in [2.45, 2.75) is 38.3 Å². The van der Waals surface area contributed by atoms with Crippen LogP contribution in [0.1, 0.15) is 35.3 Å². The molecule has 200 valence electrons. The number of rotatable bonds is 10. The number of ether oxygens (including phenoxy) is 3. The second-order valence-electron chi connectivity index (χ2n) is 9.39. The number of hydrogen-bond acceptors (Lipinski definition) is 7. The summed E-state index contributed by atoms with van der Waals surface area (Å²) >= 11 is 0. The molecule has 0 bridgehead atoms. The number of anilines is 2. The molecule has 3 N–H and O–H groups in total. The largest absolute Gasteiger partial charge is 0.464 e. The van der Waals surface area contributed by atoms with Crippen molar-refractivity contribution in [1.82, 2.24) is 14.5 Å². The van der Waals surface area contributed by atoms with E-state index in [1.807, 2.05) is 35.0 Å². The van der Waals surface area contributed by atoms with Crippen molar-refractivity contribution in [1.29, 1.82) is 0 Å². The molecule has 0 spiro atoms. The Morgan fingerprint density at radius 1 is 1.18 bits per heavy atom. The summed E-state index contributed by atoms with van der Waals surface area (Å²) in [6, 6.07) is 10.3. The van der Waals surface area contributed by atoms with Gasteiger partial charge in [-0.1, -0.05) is 18.2 Å². The number of esters is 1. The molecule has 1 aliphatic heterocycles. The van der Waals surface area contributed by atoms with Crippen molar-refractivity contribution < 1.29 is 23.8 Å². The minimum absolute atomic E-state index is 0.159. The molecule has 38 heavy (non-hydrogen) atoms. The second-order valence-corrected chi connectivity index (χ2v) is 9.39. The molecule has 1 aromatic carbocycles. The third-order valence-corrected chi connectivity index (χ3v) is 6.95. The molecular weight excluding hydrogens is 486 g/mol. The van der Waals surface area contributed by atoms with Crippen LogP contribution in [0.15, 0.2) is 42.7 Å². The lowest BCUT2D eigenvalue weighted by Crippen LogP contribution is -2.27. The molecule has 10 nitrogen and oxygen atoms in total. The molecule has 1 fully saturated rings. The standard InChI is InChI=1S/C28H33N5O5/c1-36-12-10-24(34)32-25-22-15-20(31-19-8-13-38-14-9-19)17-30-27(22)33(26(25)28(35)37-2)11-7-18-16-29-23-6-4-3-5-21(18)23/h3-6,15-17,19,29,31H,7-14H2,1-2H3,(H,32,34). The molecule has 5 rings (SSSR count). The predicted octanol–water partition coefficient (Wildman–Crippen LogP) is 4.11. The van der Waals surface area contributed by atoms with Gasteiger partial charge in [0.25, 0.3) is 0 Å². The first kappa shape index (κ1) is 25.7. The number of hydrogen-bond donors (Lipinski definition) is 3. The number of aromatic amines is 1. The first-order valence-corrected chi connectivity index (χ1v) is 12.9. The zero-order chi connectivity index (χ0) is 26.5. The van der Waals surface area contributed by atoms with Crippen molar-refractivity contribution in [3.63, 3.8) is 0 Å². The van der Waals surface area contributed by atoms with Gasteiger partial charge >= 0.3 is 5.97 Å². The molecule has 0 aliphatic carbocycles. The maximum Gasteiger partial charge on any atom is 0.356 e. The highest BCUT2D eigenvalue weighted by Crippen LogP contribution is 2.34. The van der Waals surface area contributed by atoms with Crippen molar-refractivity contribution in [3.05, 3.63) is 54.0 Å². The quantitative estimate of drug-likeness (QED) is 0.270. The summed E-state index contributed by atoms with van der Waals surface area (Å²) in [7, 11) is 2.88. The van der Waals surface area contributed by atoms with E-state index in [1.54, 1.807) is 13.3 Å². The highest BCUT2D eigenvalue weighted by molar-refractivity contribution is 6.11. The van der Waals surface area contributed by atoms with Gasteiger partial charge in [-0.3, -0.25) is 4.79 Å². The number of methoxy groups -OCH3 is 2. The molecule has 0 saturated carbocycles. The summed E-state index contributed by atoms with van der Waals surface area (Å²) in [5, 5.41) is 8.28. The van der Waals surface area contributed by atoms with Crippen LogP contribution in [0, 0.1) is 0 Å². The normalized spacial score (nSPS) is 14.2. The summed E-state index contributed by atoms with van der Waals surface area (Å²) in [5.74, 6) is -0.793. The third kappa shape index (κ3) is 5.36. The molecule has 1 aliphatic rings. The Balaban J connectivity index is 1.55. The topological polar surface area (TPSA) is 120 Å². The van der Waals surface area contributed by atoms with Gasteiger partial charge in [0.05, 0.1) is 37.7 Å². The fourth-order valence-electron chi connectivity index (χ4n) is 5.00. The lowest BCUT2D eigenvalue weighted by molar-refractivity contribution is -0.117. The fourth-order valence-corrected chi connectivity index (χ4v) is 5.00.